The summed E-state index contributed by atoms with van der Waals surface area (Å²) < 4.78 is 21.4. The lowest BCUT2D eigenvalue weighted by Crippen LogP contribution is -2.16. The summed E-state index contributed by atoms with van der Waals surface area (Å²) in [6, 6.07) is 14.2. The van der Waals surface area contributed by atoms with Gasteiger partial charge in [0.2, 0.25) is 11.0 Å². The Kier molecular flexibility index (Phi) is 6.78. The molecule has 2 atom stereocenters. The summed E-state index contributed by atoms with van der Waals surface area (Å²) in [7, 11) is 1.41. The van der Waals surface area contributed by atoms with Crippen LogP contribution >= 0.6 is 34.5 Å². The minimum absolute atomic E-state index is 0.0643. The highest BCUT2D eigenvalue weighted by molar-refractivity contribution is 7.18. The van der Waals surface area contributed by atoms with Crippen LogP contribution in [0.4, 0.5) is 9.52 Å². The third kappa shape index (κ3) is 4.99. The van der Waals surface area contributed by atoms with Crippen LogP contribution in [0.15, 0.2) is 65.3 Å². The van der Waals surface area contributed by atoms with Crippen molar-refractivity contribution in [3.05, 3.63) is 71.1 Å². The smallest absolute Gasteiger partial charge is 0.230 e. The highest BCUT2D eigenvalue weighted by Crippen LogP contribution is 2.60. The number of carbonyl (C=O) groups excluding carboxylic acids is 1. The number of benzene rings is 2. The fourth-order valence-electron chi connectivity index (χ4n) is 4.46. The number of hydrogen-bond donors (Lipinski definition) is 1. The number of anilines is 1. The maximum Gasteiger partial charge on any atom is 0.230 e. The predicted octanol–water partition coefficient (Wildman–Crippen LogP) is 6.74. The van der Waals surface area contributed by atoms with Crippen molar-refractivity contribution in [2.45, 2.75) is 13.8 Å². The first kappa shape index (κ1) is 25.4. The molecule has 11 heteroatoms. The summed E-state index contributed by atoms with van der Waals surface area (Å²) in [5, 5.41) is 16.9. The Bertz CT molecular complexity index is 1500. The quantitative estimate of drug-likeness (QED) is 0.272. The largest absolute Gasteiger partial charge is 0.494 e. The van der Waals surface area contributed by atoms with Gasteiger partial charge in [-0.1, -0.05) is 66.6 Å². The molecule has 1 fully saturated rings. The van der Waals surface area contributed by atoms with Crippen molar-refractivity contribution in [2.75, 3.05) is 12.4 Å². The highest BCUT2D eigenvalue weighted by atomic mass is 35.5. The van der Waals surface area contributed by atoms with Gasteiger partial charge in [0.15, 0.2) is 16.6 Å². The van der Waals surface area contributed by atoms with Gasteiger partial charge >= 0.3 is 0 Å². The van der Waals surface area contributed by atoms with E-state index in [4.69, 9.17) is 33.0 Å². The molecule has 0 radical (unpaired) electrons. The summed E-state index contributed by atoms with van der Waals surface area (Å²) in [4.78, 5) is 12.9. The number of amides is 1. The van der Waals surface area contributed by atoms with Crippen LogP contribution in [0.3, 0.4) is 0 Å². The fourth-order valence-corrected chi connectivity index (χ4v) is 5.49. The number of ether oxygens (including phenoxy) is 1. The Balaban J connectivity index is 1.47. The SMILES string of the molecule is COc1ccc(-c2nn(-c3ccccc3)cc2-c2nnc(NC(=O)C3C(C=C(Cl)Cl)C3(C)C)s2)cc1F. The molecule has 0 bridgehead atoms. The Labute approximate surface area is 226 Å². The summed E-state index contributed by atoms with van der Waals surface area (Å²) in [5.74, 6) is -0.893. The van der Waals surface area contributed by atoms with Crippen molar-refractivity contribution in [3.63, 3.8) is 0 Å². The van der Waals surface area contributed by atoms with Crippen LogP contribution in [0, 0.1) is 23.1 Å². The lowest BCUT2D eigenvalue weighted by Gasteiger charge is -2.04. The van der Waals surface area contributed by atoms with E-state index in [1.807, 2.05) is 50.4 Å². The number of allylic oxidation sites excluding steroid dienone is 1. The summed E-state index contributed by atoms with van der Waals surface area (Å²) in [5.41, 5.74) is 2.28. The number of rotatable bonds is 7. The van der Waals surface area contributed by atoms with Crippen molar-refractivity contribution in [1.82, 2.24) is 20.0 Å². The predicted molar refractivity (Wildman–Crippen MR) is 144 cm³/mol. The van der Waals surface area contributed by atoms with Crippen molar-refractivity contribution in [2.24, 2.45) is 17.3 Å². The van der Waals surface area contributed by atoms with Gasteiger partial charge in [0, 0.05) is 11.8 Å². The molecule has 2 aromatic heterocycles. The highest BCUT2D eigenvalue weighted by Gasteiger charge is 2.60. The summed E-state index contributed by atoms with van der Waals surface area (Å²) >= 11 is 12.8. The number of hydrogen-bond acceptors (Lipinski definition) is 6. The van der Waals surface area contributed by atoms with E-state index in [1.165, 1.54) is 24.5 Å². The molecule has 7 nitrogen and oxygen atoms in total. The van der Waals surface area contributed by atoms with Gasteiger partial charge in [0.05, 0.1) is 24.3 Å². The second-order valence-corrected chi connectivity index (χ2v) is 11.2. The Hall–Kier alpha value is -3.27. The third-order valence-corrected chi connectivity index (χ3v) is 7.67. The second-order valence-electron chi connectivity index (χ2n) is 9.20. The maximum absolute atomic E-state index is 14.5. The monoisotopic (exact) mass is 557 g/mol. The van der Waals surface area contributed by atoms with E-state index in [0.29, 0.717) is 27.0 Å². The number of aromatic nitrogens is 4. The molecule has 1 saturated carbocycles. The Morgan fingerprint density at radius 1 is 1.19 bits per heavy atom. The van der Waals surface area contributed by atoms with Crippen LogP contribution in [0.1, 0.15) is 13.8 Å². The lowest BCUT2D eigenvalue weighted by atomic mass is 10.1. The summed E-state index contributed by atoms with van der Waals surface area (Å²) in [6.45, 7) is 3.97. The molecule has 0 saturated heterocycles. The second kappa shape index (κ2) is 9.89. The van der Waals surface area contributed by atoms with Crippen molar-refractivity contribution < 1.29 is 13.9 Å². The minimum Gasteiger partial charge on any atom is -0.494 e. The first-order valence-electron chi connectivity index (χ1n) is 11.4. The molecule has 190 valence electrons. The summed E-state index contributed by atoms with van der Waals surface area (Å²) in [6.07, 6.45) is 3.50. The zero-order chi connectivity index (χ0) is 26.3. The van der Waals surface area contributed by atoms with Gasteiger partial charge in [0.25, 0.3) is 0 Å². The van der Waals surface area contributed by atoms with Gasteiger partial charge < -0.3 is 10.1 Å². The normalized spacial score (nSPS) is 17.8. The van der Waals surface area contributed by atoms with Crippen LogP contribution in [-0.4, -0.2) is 33.0 Å². The van der Waals surface area contributed by atoms with Gasteiger partial charge in [-0.3, -0.25) is 4.79 Å². The number of halogens is 3. The molecule has 1 aliphatic carbocycles. The topological polar surface area (TPSA) is 81.9 Å². The molecule has 37 heavy (non-hydrogen) atoms. The van der Waals surface area contributed by atoms with Gasteiger partial charge in [0.1, 0.15) is 10.2 Å². The van der Waals surface area contributed by atoms with E-state index in [9.17, 15) is 9.18 Å². The van der Waals surface area contributed by atoms with Crippen LogP contribution < -0.4 is 10.1 Å². The Morgan fingerprint density at radius 3 is 2.62 bits per heavy atom. The van der Waals surface area contributed by atoms with E-state index in [0.717, 1.165) is 5.69 Å². The molecule has 0 aliphatic heterocycles. The van der Waals surface area contributed by atoms with Crippen LogP contribution in [0.25, 0.3) is 27.5 Å². The van der Waals surface area contributed by atoms with Gasteiger partial charge in [-0.2, -0.15) is 5.10 Å². The number of methoxy groups -OCH3 is 1. The lowest BCUT2D eigenvalue weighted by molar-refractivity contribution is -0.118. The molecule has 1 N–H and O–H groups in total. The van der Waals surface area contributed by atoms with E-state index >= 15 is 0 Å². The Morgan fingerprint density at radius 2 is 1.95 bits per heavy atom. The molecule has 5 rings (SSSR count). The molecule has 2 unspecified atom stereocenters. The van der Waals surface area contributed by atoms with Gasteiger partial charge in [-0.05, 0) is 47.7 Å². The molecule has 2 aromatic carbocycles. The molecular formula is C26H22Cl2FN5O2S. The van der Waals surface area contributed by atoms with Crippen molar-refractivity contribution >= 4 is 45.6 Å². The zero-order valence-corrected chi connectivity index (χ0v) is 22.4. The minimum atomic E-state index is -0.502. The van der Waals surface area contributed by atoms with Crippen LogP contribution in [-0.2, 0) is 4.79 Å². The molecule has 2 heterocycles. The number of nitrogens with zero attached hydrogens (tertiary/aromatic N) is 4. The number of para-hydroxylation sites is 1. The van der Waals surface area contributed by atoms with Gasteiger partial charge in [-0.15, -0.1) is 10.2 Å². The van der Waals surface area contributed by atoms with Crippen molar-refractivity contribution in [3.8, 4) is 33.3 Å². The fraction of sp³-hybridized carbons (Fsp3) is 0.231. The van der Waals surface area contributed by atoms with E-state index < -0.39 is 5.82 Å². The van der Waals surface area contributed by atoms with E-state index in [-0.39, 0.29) is 33.4 Å². The molecule has 0 spiro atoms. The van der Waals surface area contributed by atoms with Crippen LogP contribution in [0.2, 0.25) is 0 Å². The first-order chi connectivity index (χ1) is 17.7. The van der Waals surface area contributed by atoms with E-state index in [1.54, 1.807) is 22.9 Å². The average Bonchev–Trinajstić information content (AvgIpc) is 3.26. The number of nitrogens with one attached hydrogen (secondary N) is 1. The van der Waals surface area contributed by atoms with Crippen LogP contribution in [0.5, 0.6) is 5.75 Å². The molecule has 1 aliphatic rings. The van der Waals surface area contributed by atoms with Gasteiger partial charge in [-0.25, -0.2) is 9.07 Å². The maximum atomic E-state index is 14.5. The standard InChI is InChI=1S/C26H22Cl2FN5O2S/c1-26(2)17(12-20(27)28)21(26)23(35)30-25-32-31-24(37-25)16-13-34(15-7-5-4-6-8-15)33-22(16)14-9-10-19(36-3)18(29)11-14/h4-13,17,21H,1-3H3,(H,30,32,35). The molecule has 1 amide bonds. The first-order valence-corrected chi connectivity index (χ1v) is 12.9. The molecular weight excluding hydrogens is 536 g/mol. The molecule has 4 aromatic rings. The average molecular weight is 558 g/mol. The van der Waals surface area contributed by atoms with Crippen molar-refractivity contribution in [1.29, 1.82) is 0 Å². The van der Waals surface area contributed by atoms with E-state index in [2.05, 4.69) is 15.5 Å². The zero-order valence-electron chi connectivity index (χ0n) is 20.1. The number of carbonyl (C=O) groups is 1. The third-order valence-electron chi connectivity index (χ3n) is 6.54.